The molecule has 196 valence electrons. The van der Waals surface area contributed by atoms with E-state index >= 15 is 0 Å². The fourth-order valence-electron chi connectivity index (χ4n) is 3.93. The highest BCUT2D eigenvalue weighted by Crippen LogP contribution is 2.30. The van der Waals surface area contributed by atoms with E-state index in [0.29, 0.717) is 39.9 Å². The highest BCUT2D eigenvalue weighted by molar-refractivity contribution is 7.89. The zero-order valence-corrected chi connectivity index (χ0v) is 22.8. The van der Waals surface area contributed by atoms with Gasteiger partial charge in [0.05, 0.1) is 27.3 Å². The van der Waals surface area contributed by atoms with Gasteiger partial charge < -0.3 is 15.0 Å². The number of nitrogens with zero attached hydrogens (tertiary/aromatic N) is 2. The normalized spacial score (nSPS) is 15.7. The van der Waals surface area contributed by atoms with Crippen LogP contribution in [0.3, 0.4) is 0 Å². The van der Waals surface area contributed by atoms with Crippen molar-refractivity contribution in [3.63, 3.8) is 0 Å². The van der Waals surface area contributed by atoms with Gasteiger partial charge in [0, 0.05) is 18.7 Å². The number of ether oxygens (including phenoxy) is 1. The molecule has 0 unspecified atom stereocenters. The second-order valence-electron chi connectivity index (χ2n) is 8.42. The molecule has 1 fully saturated rings. The average Bonchev–Trinajstić information content (AvgIpc) is 3.44. The number of amides is 2. The Morgan fingerprint density at radius 2 is 1.97 bits per heavy atom. The van der Waals surface area contributed by atoms with Gasteiger partial charge in [0.1, 0.15) is 0 Å². The number of esters is 1. The average molecular weight is 557 g/mol. The number of thiophene rings is 1. The number of likely N-dealkylation sites (N-methyl/N-ethyl adjacent to an activating group) is 1. The summed E-state index contributed by atoms with van der Waals surface area (Å²) < 4.78 is 35.4. The van der Waals surface area contributed by atoms with Crippen molar-refractivity contribution in [2.45, 2.75) is 37.2 Å². The van der Waals surface area contributed by atoms with E-state index in [-0.39, 0.29) is 17.4 Å². The molecule has 13 heteroatoms. The molecule has 1 aromatic heterocycles. The van der Waals surface area contributed by atoms with Crippen LogP contribution in [0.4, 0.5) is 5.69 Å². The van der Waals surface area contributed by atoms with Crippen LogP contribution >= 0.6 is 22.9 Å². The Morgan fingerprint density at radius 1 is 1.25 bits per heavy atom. The topological polar surface area (TPSA) is 125 Å². The Labute approximate surface area is 219 Å². The summed E-state index contributed by atoms with van der Waals surface area (Å²) in [5.41, 5.74) is -1.10. The number of benzene rings is 1. The molecule has 1 saturated heterocycles. The second-order valence-corrected chi connectivity index (χ2v) is 11.8. The third-order valence-corrected chi connectivity index (χ3v) is 8.75. The lowest BCUT2D eigenvalue weighted by atomic mass is 10.1. The van der Waals surface area contributed by atoms with Gasteiger partial charge in [-0.25, -0.2) is 13.2 Å². The summed E-state index contributed by atoms with van der Waals surface area (Å²) in [7, 11) is -1.34. The lowest BCUT2D eigenvalue weighted by Crippen LogP contribution is -2.68. The quantitative estimate of drug-likeness (QED) is 0.340. The number of carbonyl (C=O) groups is 3. The van der Waals surface area contributed by atoms with E-state index < -0.39 is 34.1 Å². The summed E-state index contributed by atoms with van der Waals surface area (Å²) >= 11 is 6.97. The summed E-state index contributed by atoms with van der Waals surface area (Å²) in [6.45, 7) is 3.28. The van der Waals surface area contributed by atoms with Crippen LogP contribution in [0.5, 0.6) is 0 Å². The lowest BCUT2D eigenvalue weighted by Gasteiger charge is -2.37. The fraction of sp³-hybridized carbons (Fsp3) is 0.435. The summed E-state index contributed by atoms with van der Waals surface area (Å²) in [6, 6.07) is 7.73. The third kappa shape index (κ3) is 5.73. The van der Waals surface area contributed by atoms with Crippen molar-refractivity contribution in [1.82, 2.24) is 14.9 Å². The molecule has 1 aliphatic rings. The molecule has 3 rings (SSSR count). The van der Waals surface area contributed by atoms with Gasteiger partial charge in [-0.3, -0.25) is 14.5 Å². The van der Waals surface area contributed by atoms with Crippen LogP contribution < -0.4 is 14.9 Å². The SMILES string of the molecule is CCOC(=O)[C@](CNC(=O)c1ccc(Cl)s1)(NS(=O)(=O)c1cccc(N2CCCC2=O)c1C)N(C)C. The molecule has 2 heterocycles. The zero-order valence-electron chi connectivity index (χ0n) is 20.5. The molecular weight excluding hydrogens is 528 g/mol. The number of hydrogen-bond donors (Lipinski definition) is 2. The first-order valence-corrected chi connectivity index (χ1v) is 13.9. The third-order valence-electron chi connectivity index (χ3n) is 5.89. The maximum absolute atomic E-state index is 13.7. The number of hydrogen-bond acceptors (Lipinski definition) is 8. The number of nitrogens with one attached hydrogen (secondary N) is 2. The molecule has 0 saturated carbocycles. The standard InChI is InChI=1S/C23H29ClN4O6S2/c1-5-34-22(31)23(27(3)4,14-25-21(30)17-11-12-19(24)35-17)26-36(32,33)18-9-6-8-16(15(18)2)28-13-7-10-20(28)29/h6,8-9,11-12,26H,5,7,10,13-14H2,1-4H3,(H,25,30)/t23-/m1/s1. The molecule has 1 aliphatic heterocycles. The number of sulfonamides is 1. The van der Waals surface area contributed by atoms with Gasteiger partial charge in [-0.1, -0.05) is 17.7 Å². The van der Waals surface area contributed by atoms with Crippen LogP contribution in [0.25, 0.3) is 0 Å². The Morgan fingerprint density at radius 3 is 2.53 bits per heavy atom. The molecule has 0 aliphatic carbocycles. The van der Waals surface area contributed by atoms with E-state index in [1.54, 1.807) is 36.9 Å². The van der Waals surface area contributed by atoms with E-state index in [0.717, 1.165) is 11.3 Å². The van der Waals surface area contributed by atoms with Crippen molar-refractivity contribution in [1.29, 1.82) is 0 Å². The van der Waals surface area contributed by atoms with Crippen molar-refractivity contribution >= 4 is 56.4 Å². The van der Waals surface area contributed by atoms with Gasteiger partial charge in [0.25, 0.3) is 5.91 Å². The maximum Gasteiger partial charge on any atom is 0.344 e. The van der Waals surface area contributed by atoms with E-state index in [9.17, 15) is 22.8 Å². The maximum atomic E-state index is 13.7. The Balaban J connectivity index is 1.98. The van der Waals surface area contributed by atoms with Crippen molar-refractivity contribution in [3.8, 4) is 0 Å². The summed E-state index contributed by atoms with van der Waals surface area (Å²) in [6.07, 6.45) is 1.09. The Hall–Kier alpha value is -2.51. The van der Waals surface area contributed by atoms with Gasteiger partial charge in [0.2, 0.25) is 21.6 Å². The first-order valence-electron chi connectivity index (χ1n) is 11.2. The Bertz CT molecular complexity index is 1260. The van der Waals surface area contributed by atoms with Crippen molar-refractivity contribution < 1.29 is 27.5 Å². The molecule has 2 aromatic rings. The minimum atomic E-state index is -4.34. The van der Waals surface area contributed by atoms with Crippen LogP contribution in [0.15, 0.2) is 35.2 Å². The van der Waals surface area contributed by atoms with Crippen LogP contribution in [-0.2, 0) is 24.3 Å². The van der Waals surface area contributed by atoms with E-state index in [1.165, 1.54) is 31.1 Å². The molecule has 0 radical (unpaired) electrons. The first-order chi connectivity index (χ1) is 16.9. The molecular formula is C23H29ClN4O6S2. The minimum Gasteiger partial charge on any atom is -0.464 e. The van der Waals surface area contributed by atoms with Gasteiger partial charge in [0.15, 0.2) is 0 Å². The number of anilines is 1. The Kier molecular flexibility index (Phi) is 8.78. The molecule has 10 nitrogen and oxygen atoms in total. The van der Waals surface area contributed by atoms with Gasteiger partial charge in [-0.05, 0) is 64.2 Å². The summed E-state index contributed by atoms with van der Waals surface area (Å²) in [5.74, 6) is -1.48. The van der Waals surface area contributed by atoms with Gasteiger partial charge >= 0.3 is 5.97 Å². The molecule has 2 amide bonds. The molecule has 36 heavy (non-hydrogen) atoms. The first kappa shape index (κ1) is 28.1. The van der Waals surface area contributed by atoms with E-state index in [4.69, 9.17) is 16.3 Å². The van der Waals surface area contributed by atoms with Crippen LogP contribution in [0.1, 0.15) is 35.0 Å². The van der Waals surface area contributed by atoms with Crippen molar-refractivity contribution in [3.05, 3.63) is 45.1 Å². The fourth-order valence-corrected chi connectivity index (χ4v) is 6.55. The molecule has 2 N–H and O–H groups in total. The van der Waals surface area contributed by atoms with Crippen molar-refractivity contribution in [2.24, 2.45) is 0 Å². The molecule has 1 atom stereocenters. The largest absolute Gasteiger partial charge is 0.464 e. The second kappa shape index (κ2) is 11.3. The smallest absolute Gasteiger partial charge is 0.344 e. The monoisotopic (exact) mass is 556 g/mol. The summed E-state index contributed by atoms with van der Waals surface area (Å²) in [4.78, 5) is 41.2. The number of rotatable bonds is 10. The van der Waals surface area contributed by atoms with Crippen LogP contribution in [0, 0.1) is 6.92 Å². The highest BCUT2D eigenvalue weighted by Gasteiger charge is 2.47. The lowest BCUT2D eigenvalue weighted by molar-refractivity contribution is -0.157. The molecule has 0 spiro atoms. The molecule has 1 aromatic carbocycles. The van der Waals surface area contributed by atoms with E-state index in [1.807, 2.05) is 0 Å². The van der Waals surface area contributed by atoms with Gasteiger partial charge in [-0.2, -0.15) is 4.72 Å². The van der Waals surface area contributed by atoms with E-state index in [2.05, 4.69) is 10.0 Å². The predicted octanol–water partition coefficient (Wildman–Crippen LogP) is 2.37. The number of carbonyl (C=O) groups excluding carboxylic acids is 3. The summed E-state index contributed by atoms with van der Waals surface area (Å²) in [5, 5.41) is 2.61. The predicted molar refractivity (Wildman–Crippen MR) is 138 cm³/mol. The number of halogens is 1. The molecule has 0 bridgehead atoms. The zero-order chi connectivity index (χ0) is 26.7. The van der Waals surface area contributed by atoms with Gasteiger partial charge in [-0.15, -0.1) is 11.3 Å². The minimum absolute atomic E-state index is 0.00376. The van der Waals surface area contributed by atoms with Crippen LogP contribution in [-0.4, -0.2) is 70.6 Å². The van der Waals surface area contributed by atoms with Crippen LogP contribution in [0.2, 0.25) is 4.34 Å². The highest BCUT2D eigenvalue weighted by atomic mass is 35.5. The van der Waals surface area contributed by atoms with Crippen molar-refractivity contribution in [2.75, 3.05) is 38.7 Å².